The van der Waals surface area contributed by atoms with Crippen LogP contribution in [-0.2, 0) is 13.6 Å². The Kier molecular flexibility index (Phi) is 5.12. The predicted octanol–water partition coefficient (Wildman–Crippen LogP) is 5.17. The van der Waals surface area contributed by atoms with Crippen molar-refractivity contribution in [2.75, 3.05) is 0 Å². The van der Waals surface area contributed by atoms with Crippen LogP contribution >= 0.6 is 27.5 Å². The Balaban J connectivity index is 1.97. The first-order chi connectivity index (χ1) is 13.8. The van der Waals surface area contributed by atoms with Crippen LogP contribution in [0.4, 0.5) is 0 Å². The van der Waals surface area contributed by atoms with Gasteiger partial charge in [0.2, 0.25) is 0 Å². The maximum Gasteiger partial charge on any atom is 0.259 e. The summed E-state index contributed by atoms with van der Waals surface area (Å²) in [6, 6.07) is 7.45. The van der Waals surface area contributed by atoms with Gasteiger partial charge < -0.3 is 4.74 Å². The van der Waals surface area contributed by atoms with Gasteiger partial charge in [0.15, 0.2) is 5.75 Å². The summed E-state index contributed by atoms with van der Waals surface area (Å²) < 4.78 is 10.2. The van der Waals surface area contributed by atoms with E-state index in [1.807, 2.05) is 37.7 Å². The third-order valence-corrected chi connectivity index (χ3v) is 5.85. The van der Waals surface area contributed by atoms with E-state index in [-0.39, 0.29) is 11.7 Å². The fourth-order valence-corrected chi connectivity index (χ4v) is 4.43. The fourth-order valence-electron chi connectivity index (χ4n) is 3.76. The number of pyridine rings is 2. The van der Waals surface area contributed by atoms with Crippen LogP contribution in [0.25, 0.3) is 21.8 Å². The van der Waals surface area contributed by atoms with Crippen LogP contribution in [0.15, 0.2) is 39.9 Å². The number of rotatable bonds is 4. The lowest BCUT2D eigenvalue weighted by molar-refractivity contribution is 0.226. The third kappa shape index (κ3) is 3.32. The molecule has 0 aliphatic heterocycles. The minimum absolute atomic E-state index is 0.0470. The fraction of sp³-hybridized carbons (Fsp3) is 0.286. The van der Waals surface area contributed by atoms with E-state index < -0.39 is 0 Å². The summed E-state index contributed by atoms with van der Waals surface area (Å²) in [7, 11) is 1.79. The first-order valence-electron chi connectivity index (χ1n) is 9.29. The Bertz CT molecular complexity index is 1310. The molecule has 1 aromatic carbocycles. The zero-order valence-corrected chi connectivity index (χ0v) is 18.9. The maximum atomic E-state index is 13.1. The highest BCUT2D eigenvalue weighted by Gasteiger charge is 2.20. The minimum atomic E-state index is -0.322. The average Bonchev–Trinajstić information content (AvgIpc) is 3.11. The molecule has 0 saturated carbocycles. The molecule has 0 N–H and O–H groups in total. The molecule has 0 bridgehead atoms. The van der Waals surface area contributed by atoms with E-state index in [1.54, 1.807) is 23.7 Å². The van der Waals surface area contributed by atoms with Gasteiger partial charge in [-0.1, -0.05) is 17.7 Å². The SMILES string of the molecule is CCn1ncc2c3c(C(C)Oc4ccc(Cl)nc4Br)cc(C)cc3c(=O)n(C)c21. The molecular formula is C21H20BrClN4O2. The van der Waals surface area contributed by atoms with E-state index in [1.165, 1.54) is 0 Å². The molecule has 0 amide bonds. The molecule has 0 spiro atoms. The zero-order valence-electron chi connectivity index (χ0n) is 16.5. The van der Waals surface area contributed by atoms with Crippen molar-refractivity contribution < 1.29 is 4.74 Å². The molecule has 4 rings (SSSR count). The van der Waals surface area contributed by atoms with Gasteiger partial charge in [-0.25, -0.2) is 9.67 Å². The van der Waals surface area contributed by atoms with Gasteiger partial charge in [-0.2, -0.15) is 5.10 Å². The molecule has 1 unspecified atom stereocenters. The van der Waals surface area contributed by atoms with Crippen LogP contribution in [-0.4, -0.2) is 19.3 Å². The molecule has 150 valence electrons. The summed E-state index contributed by atoms with van der Waals surface area (Å²) in [6.45, 7) is 6.63. The Morgan fingerprint density at radius 2 is 2.03 bits per heavy atom. The Labute approximate surface area is 181 Å². The number of benzene rings is 1. The number of hydrogen-bond acceptors (Lipinski definition) is 4. The molecule has 0 saturated heterocycles. The second-order valence-electron chi connectivity index (χ2n) is 7.02. The highest BCUT2D eigenvalue weighted by molar-refractivity contribution is 9.10. The van der Waals surface area contributed by atoms with Crippen LogP contribution < -0.4 is 10.3 Å². The summed E-state index contributed by atoms with van der Waals surface area (Å²) in [5.41, 5.74) is 2.68. The average molecular weight is 476 g/mol. The summed E-state index contributed by atoms with van der Waals surface area (Å²) in [5, 5.41) is 7.33. The van der Waals surface area contributed by atoms with Gasteiger partial charge in [0.05, 0.1) is 6.20 Å². The standard InChI is InChI=1S/C21H20BrClN4O2/c1-5-27-20-15(10-24-27)18-13(8-11(2)9-14(18)21(28)26(20)4)12(3)29-16-6-7-17(23)25-19(16)22/h6-10,12H,5H2,1-4H3. The van der Waals surface area contributed by atoms with Gasteiger partial charge in [-0.15, -0.1) is 0 Å². The lowest BCUT2D eigenvalue weighted by Gasteiger charge is -2.19. The van der Waals surface area contributed by atoms with Crippen molar-refractivity contribution in [1.82, 2.24) is 19.3 Å². The van der Waals surface area contributed by atoms with Crippen LogP contribution in [0.5, 0.6) is 5.75 Å². The van der Waals surface area contributed by atoms with Crippen molar-refractivity contribution in [3.63, 3.8) is 0 Å². The first-order valence-corrected chi connectivity index (χ1v) is 10.5. The lowest BCUT2D eigenvalue weighted by atomic mass is 9.97. The van der Waals surface area contributed by atoms with Gasteiger partial charge in [0.1, 0.15) is 21.5 Å². The van der Waals surface area contributed by atoms with E-state index >= 15 is 0 Å². The van der Waals surface area contributed by atoms with E-state index in [0.717, 1.165) is 27.5 Å². The van der Waals surface area contributed by atoms with E-state index in [0.29, 0.717) is 27.4 Å². The van der Waals surface area contributed by atoms with Gasteiger partial charge in [-0.3, -0.25) is 9.36 Å². The van der Waals surface area contributed by atoms with Gasteiger partial charge >= 0.3 is 0 Å². The molecule has 3 aromatic heterocycles. The number of nitrogens with zero attached hydrogens (tertiary/aromatic N) is 4. The van der Waals surface area contributed by atoms with Crippen LogP contribution in [0.2, 0.25) is 5.15 Å². The zero-order chi connectivity index (χ0) is 20.9. The van der Waals surface area contributed by atoms with Crippen molar-refractivity contribution >= 4 is 49.3 Å². The number of aryl methyl sites for hydroxylation is 3. The van der Waals surface area contributed by atoms with Gasteiger partial charge in [0, 0.05) is 35.3 Å². The van der Waals surface area contributed by atoms with Crippen LogP contribution in [0, 0.1) is 6.92 Å². The van der Waals surface area contributed by atoms with Crippen molar-refractivity contribution in [3.05, 3.63) is 61.7 Å². The summed E-state index contributed by atoms with van der Waals surface area (Å²) >= 11 is 9.34. The molecule has 0 aliphatic rings. The minimum Gasteiger partial charge on any atom is -0.483 e. The largest absolute Gasteiger partial charge is 0.483 e. The molecule has 8 heteroatoms. The molecule has 29 heavy (non-hydrogen) atoms. The van der Waals surface area contributed by atoms with Gasteiger partial charge in [-0.05, 0) is 60.5 Å². The lowest BCUT2D eigenvalue weighted by Crippen LogP contribution is -2.20. The van der Waals surface area contributed by atoms with Crippen molar-refractivity contribution in [3.8, 4) is 5.75 Å². The second kappa shape index (κ2) is 7.46. The Morgan fingerprint density at radius 3 is 2.72 bits per heavy atom. The quantitative estimate of drug-likeness (QED) is 0.382. The normalized spacial score (nSPS) is 12.6. The van der Waals surface area contributed by atoms with E-state index in [4.69, 9.17) is 16.3 Å². The summed E-state index contributed by atoms with van der Waals surface area (Å²) in [4.78, 5) is 17.3. The summed E-state index contributed by atoms with van der Waals surface area (Å²) in [6.07, 6.45) is 1.50. The van der Waals surface area contributed by atoms with Crippen LogP contribution in [0.1, 0.15) is 31.1 Å². The second-order valence-corrected chi connectivity index (χ2v) is 8.16. The molecule has 0 radical (unpaired) electrons. The highest BCUT2D eigenvalue weighted by Crippen LogP contribution is 2.35. The van der Waals surface area contributed by atoms with Crippen molar-refractivity contribution in [2.45, 2.75) is 33.4 Å². The van der Waals surface area contributed by atoms with E-state index in [2.05, 4.69) is 32.1 Å². The molecule has 6 nitrogen and oxygen atoms in total. The van der Waals surface area contributed by atoms with Crippen LogP contribution in [0.3, 0.4) is 0 Å². The molecule has 0 aliphatic carbocycles. The Morgan fingerprint density at radius 1 is 1.28 bits per heavy atom. The molecule has 3 heterocycles. The number of ether oxygens (including phenoxy) is 1. The summed E-state index contributed by atoms with van der Waals surface area (Å²) in [5.74, 6) is 0.584. The predicted molar refractivity (Wildman–Crippen MR) is 119 cm³/mol. The van der Waals surface area contributed by atoms with Gasteiger partial charge in [0.25, 0.3) is 5.56 Å². The Hall–Kier alpha value is -2.38. The number of aromatic nitrogens is 4. The first kappa shape index (κ1) is 19.9. The van der Waals surface area contributed by atoms with Crippen molar-refractivity contribution in [1.29, 1.82) is 0 Å². The number of halogens is 2. The number of hydrogen-bond donors (Lipinski definition) is 0. The van der Waals surface area contributed by atoms with E-state index in [9.17, 15) is 4.79 Å². The molecule has 1 atom stereocenters. The maximum absolute atomic E-state index is 13.1. The monoisotopic (exact) mass is 474 g/mol. The molecular weight excluding hydrogens is 456 g/mol. The topological polar surface area (TPSA) is 61.9 Å². The molecule has 4 aromatic rings. The highest BCUT2D eigenvalue weighted by atomic mass is 79.9. The number of fused-ring (bicyclic) bond motifs is 3. The smallest absolute Gasteiger partial charge is 0.259 e. The molecule has 0 fully saturated rings. The third-order valence-electron chi connectivity index (χ3n) is 5.07. The van der Waals surface area contributed by atoms with Crippen molar-refractivity contribution in [2.24, 2.45) is 7.05 Å².